The summed E-state index contributed by atoms with van der Waals surface area (Å²) in [4.78, 5) is 40.7. The van der Waals surface area contributed by atoms with Crippen LogP contribution in [0, 0.1) is 16.0 Å². The Morgan fingerprint density at radius 1 is 1.12 bits per heavy atom. The highest BCUT2D eigenvalue weighted by molar-refractivity contribution is 6.12. The minimum atomic E-state index is -1.29. The Morgan fingerprint density at radius 3 is 2.59 bits per heavy atom. The number of ether oxygens (including phenoxy) is 1. The van der Waals surface area contributed by atoms with Crippen LogP contribution in [0.1, 0.15) is 27.4 Å². The second-order valence-electron chi connectivity index (χ2n) is 8.68. The van der Waals surface area contributed by atoms with Crippen LogP contribution in [0.5, 0.6) is 5.75 Å². The number of fused-ring (bicyclic) bond motifs is 2. The van der Waals surface area contributed by atoms with Gasteiger partial charge in [0.25, 0.3) is 5.69 Å². The quantitative estimate of drug-likeness (QED) is 0.353. The minimum absolute atomic E-state index is 0.0510. The van der Waals surface area contributed by atoms with Gasteiger partial charge < -0.3 is 10.1 Å². The summed E-state index contributed by atoms with van der Waals surface area (Å²) in [6.45, 7) is 0.370. The first-order chi connectivity index (χ1) is 16.4. The van der Waals surface area contributed by atoms with Crippen LogP contribution in [0.25, 0.3) is 0 Å². The summed E-state index contributed by atoms with van der Waals surface area (Å²) in [5.74, 6) is -1.16. The molecule has 5 rings (SSSR count). The van der Waals surface area contributed by atoms with E-state index in [9.17, 15) is 19.7 Å². The van der Waals surface area contributed by atoms with Gasteiger partial charge in [0, 0.05) is 41.4 Å². The first kappa shape index (κ1) is 21.8. The number of anilines is 1. The summed E-state index contributed by atoms with van der Waals surface area (Å²) >= 11 is 0. The number of carbonyl (C=O) groups excluding carboxylic acids is 2. The molecular formula is C26H23N3O5. The molecule has 1 spiro atoms. The molecule has 0 aromatic heterocycles. The summed E-state index contributed by atoms with van der Waals surface area (Å²) in [6, 6.07) is 20.5. The van der Waals surface area contributed by atoms with Gasteiger partial charge in [-0.05, 0) is 30.8 Å². The Morgan fingerprint density at radius 2 is 1.88 bits per heavy atom. The van der Waals surface area contributed by atoms with E-state index in [2.05, 4.69) is 5.32 Å². The second-order valence-corrected chi connectivity index (χ2v) is 8.68. The highest BCUT2D eigenvalue weighted by Crippen LogP contribution is 2.56. The number of methoxy groups -OCH3 is 1. The third kappa shape index (κ3) is 3.10. The Balaban J connectivity index is 1.74. The molecule has 0 aliphatic carbocycles. The topological polar surface area (TPSA) is 102 Å². The molecule has 172 valence electrons. The van der Waals surface area contributed by atoms with E-state index < -0.39 is 22.3 Å². The predicted molar refractivity (Wildman–Crippen MR) is 126 cm³/mol. The summed E-state index contributed by atoms with van der Waals surface area (Å²) in [5.41, 5.74) is 1.10. The van der Waals surface area contributed by atoms with Crippen LogP contribution in [-0.4, -0.2) is 42.2 Å². The molecule has 3 aromatic carbocycles. The number of nitrogens with zero attached hydrogens (tertiary/aromatic N) is 2. The lowest BCUT2D eigenvalue weighted by molar-refractivity contribution is -0.384. The van der Waals surface area contributed by atoms with E-state index in [0.29, 0.717) is 34.7 Å². The number of rotatable bonds is 5. The number of carbonyl (C=O) groups is 2. The van der Waals surface area contributed by atoms with E-state index in [-0.39, 0.29) is 17.4 Å². The fraction of sp³-hybridized carbons (Fsp3) is 0.231. The van der Waals surface area contributed by atoms with Gasteiger partial charge >= 0.3 is 0 Å². The molecule has 0 bridgehead atoms. The molecule has 0 saturated carbocycles. The lowest BCUT2D eigenvalue weighted by Gasteiger charge is -2.35. The number of nitro benzene ring substituents is 1. The van der Waals surface area contributed by atoms with Gasteiger partial charge in [0.15, 0.2) is 5.78 Å². The number of hydrogen-bond donors (Lipinski definition) is 1. The average Bonchev–Trinajstić information content (AvgIpc) is 3.33. The van der Waals surface area contributed by atoms with Crippen LogP contribution in [0.2, 0.25) is 0 Å². The van der Waals surface area contributed by atoms with Crippen molar-refractivity contribution in [2.24, 2.45) is 5.92 Å². The Kier molecular flexibility index (Phi) is 5.17. The molecule has 8 heteroatoms. The van der Waals surface area contributed by atoms with Crippen molar-refractivity contribution in [1.29, 1.82) is 0 Å². The standard InChI is InChI=1S/C26H23N3O5/c1-28-15-20(17-9-6-10-18(13-17)29(32)33)23(24(30)16-7-4-3-5-8-16)26(28)21-14-19(34-2)11-12-22(21)27-25(26)31/h3-14,20,23H,15H2,1-2H3,(H,27,31)/t20-,23-,26+/m0/s1. The molecule has 3 aromatic rings. The van der Waals surface area contributed by atoms with E-state index in [1.165, 1.54) is 12.1 Å². The van der Waals surface area contributed by atoms with Crippen molar-refractivity contribution < 1.29 is 19.2 Å². The van der Waals surface area contributed by atoms with Crippen molar-refractivity contribution in [2.75, 3.05) is 26.0 Å². The maximum absolute atomic E-state index is 14.1. The van der Waals surface area contributed by atoms with Crippen LogP contribution in [0.3, 0.4) is 0 Å². The highest BCUT2D eigenvalue weighted by atomic mass is 16.6. The largest absolute Gasteiger partial charge is 0.497 e. The lowest BCUT2D eigenvalue weighted by Crippen LogP contribution is -2.51. The molecule has 0 radical (unpaired) electrons. The predicted octanol–water partition coefficient (Wildman–Crippen LogP) is 3.98. The molecule has 0 unspecified atom stereocenters. The molecule has 3 atom stereocenters. The molecule has 2 aliphatic heterocycles. The maximum atomic E-state index is 14.1. The Hall–Kier alpha value is -4.04. The zero-order valence-electron chi connectivity index (χ0n) is 18.7. The zero-order valence-corrected chi connectivity index (χ0v) is 18.7. The van der Waals surface area contributed by atoms with E-state index in [4.69, 9.17) is 4.74 Å². The average molecular weight is 457 g/mol. The molecule has 1 N–H and O–H groups in total. The number of nitrogens with one attached hydrogen (secondary N) is 1. The van der Waals surface area contributed by atoms with Gasteiger partial charge in [-0.3, -0.25) is 24.6 Å². The number of non-ortho nitro benzene ring substituents is 1. The summed E-state index contributed by atoms with van der Waals surface area (Å²) in [7, 11) is 3.37. The van der Waals surface area contributed by atoms with Crippen LogP contribution >= 0.6 is 0 Å². The first-order valence-electron chi connectivity index (χ1n) is 10.9. The van der Waals surface area contributed by atoms with Gasteiger partial charge in [-0.1, -0.05) is 42.5 Å². The molecule has 2 heterocycles. The number of benzene rings is 3. The van der Waals surface area contributed by atoms with Gasteiger partial charge in [0.05, 0.1) is 18.0 Å². The molecule has 34 heavy (non-hydrogen) atoms. The van der Waals surface area contributed by atoms with E-state index in [1.54, 1.807) is 61.7 Å². The fourth-order valence-electron chi connectivity index (χ4n) is 5.50. The third-order valence-electron chi connectivity index (χ3n) is 7.01. The van der Waals surface area contributed by atoms with Crippen molar-refractivity contribution in [3.63, 3.8) is 0 Å². The van der Waals surface area contributed by atoms with Gasteiger partial charge in [-0.25, -0.2) is 0 Å². The summed E-state index contributed by atoms with van der Waals surface area (Å²) < 4.78 is 5.43. The van der Waals surface area contributed by atoms with Crippen LogP contribution < -0.4 is 10.1 Å². The Labute approximate surface area is 196 Å². The monoisotopic (exact) mass is 457 g/mol. The van der Waals surface area contributed by atoms with Gasteiger partial charge in [0.1, 0.15) is 11.3 Å². The minimum Gasteiger partial charge on any atom is -0.497 e. The van der Waals surface area contributed by atoms with Crippen molar-refractivity contribution in [1.82, 2.24) is 4.90 Å². The SMILES string of the molecule is COc1ccc2c(c1)[C@]1(C(=O)N2)[C@H](C(=O)c2ccccc2)[C@H](c2cccc([N+](=O)[O-])c2)CN1C. The summed E-state index contributed by atoms with van der Waals surface area (Å²) in [5, 5.41) is 14.4. The molecule has 2 aliphatic rings. The number of ketones is 1. The van der Waals surface area contributed by atoms with Gasteiger partial charge in [0.2, 0.25) is 5.91 Å². The molecule has 1 saturated heterocycles. The normalized spacial score (nSPS) is 23.5. The fourth-order valence-corrected chi connectivity index (χ4v) is 5.50. The first-order valence-corrected chi connectivity index (χ1v) is 10.9. The number of hydrogen-bond acceptors (Lipinski definition) is 6. The maximum Gasteiger partial charge on any atom is 0.269 e. The van der Waals surface area contributed by atoms with Crippen molar-refractivity contribution in [2.45, 2.75) is 11.5 Å². The highest BCUT2D eigenvalue weighted by Gasteiger charge is 2.64. The van der Waals surface area contributed by atoms with Crippen LogP contribution in [0.15, 0.2) is 72.8 Å². The summed E-state index contributed by atoms with van der Waals surface area (Å²) in [6.07, 6.45) is 0. The third-order valence-corrected chi connectivity index (χ3v) is 7.01. The number of likely N-dealkylation sites (N-methyl/N-ethyl adjacent to an activating group) is 1. The lowest BCUT2D eigenvalue weighted by atomic mass is 9.70. The van der Waals surface area contributed by atoms with Crippen LogP contribution in [-0.2, 0) is 10.3 Å². The van der Waals surface area contributed by atoms with Crippen molar-refractivity contribution >= 4 is 23.1 Å². The number of likely N-dealkylation sites (tertiary alicyclic amines) is 1. The van der Waals surface area contributed by atoms with Gasteiger partial charge in [-0.2, -0.15) is 0 Å². The molecule has 1 amide bonds. The smallest absolute Gasteiger partial charge is 0.269 e. The van der Waals surface area contributed by atoms with Crippen molar-refractivity contribution in [3.8, 4) is 5.75 Å². The molecular weight excluding hydrogens is 434 g/mol. The number of amides is 1. The van der Waals surface area contributed by atoms with Crippen LogP contribution in [0.4, 0.5) is 11.4 Å². The second kappa shape index (κ2) is 8.07. The van der Waals surface area contributed by atoms with Gasteiger partial charge in [-0.15, -0.1) is 0 Å². The Bertz CT molecular complexity index is 1310. The van der Waals surface area contributed by atoms with E-state index >= 15 is 0 Å². The van der Waals surface area contributed by atoms with Crippen molar-refractivity contribution in [3.05, 3.63) is 99.6 Å². The number of Topliss-reactive ketones (excluding diaryl/α,β-unsaturated/α-hetero) is 1. The van der Waals surface area contributed by atoms with E-state index in [1.807, 2.05) is 18.0 Å². The zero-order chi connectivity index (χ0) is 24.0. The molecule has 1 fully saturated rings. The molecule has 8 nitrogen and oxygen atoms in total. The number of nitro groups is 1. The van der Waals surface area contributed by atoms with E-state index in [0.717, 1.165) is 0 Å².